The van der Waals surface area contributed by atoms with E-state index in [1.165, 1.54) is 86.8 Å². The Balaban J connectivity index is 1.09. The highest BCUT2D eigenvalue weighted by atomic mass is 32.2. The van der Waals surface area contributed by atoms with Crippen LogP contribution in [0.4, 0.5) is 68.2 Å². The van der Waals surface area contributed by atoms with Crippen LogP contribution in [0.3, 0.4) is 0 Å². The summed E-state index contributed by atoms with van der Waals surface area (Å²) in [6.07, 6.45) is 0. The number of fused-ring (bicyclic) bond motifs is 12. The van der Waals surface area contributed by atoms with Crippen LogP contribution in [0.25, 0.3) is 0 Å². The SMILES string of the molecule is Cc1cc2c3c(c1)N1c4ccccc4Sc4ccccc4N(c4ccc(C(C)(C)C)cc4)c4ccc(c1c4)B3c1ccc3cc1N2c1ccccc1Sc1ccccc1N3c1ccc(C(C)(C)C)cc1. The molecular weight excluding hydrogens is 888 g/mol. The molecule has 7 heteroatoms. The molecular formula is C63H53BN4S2. The van der Waals surface area contributed by atoms with Gasteiger partial charge >= 0.3 is 0 Å². The van der Waals surface area contributed by atoms with Crippen molar-refractivity contribution in [2.45, 2.75) is 78.9 Å². The van der Waals surface area contributed by atoms with Gasteiger partial charge in [-0.25, -0.2) is 0 Å². The van der Waals surface area contributed by atoms with Crippen molar-refractivity contribution in [3.8, 4) is 0 Å². The lowest BCUT2D eigenvalue weighted by Crippen LogP contribution is -2.61. The predicted molar refractivity (Wildman–Crippen MR) is 300 cm³/mol. The molecule has 9 aromatic rings. The van der Waals surface area contributed by atoms with Crippen LogP contribution in [-0.4, -0.2) is 6.71 Å². The Labute approximate surface area is 421 Å². The lowest BCUT2D eigenvalue weighted by molar-refractivity contribution is 0.590. The number of anilines is 12. The lowest BCUT2D eigenvalue weighted by Gasteiger charge is -2.46. The molecule has 0 spiro atoms. The van der Waals surface area contributed by atoms with Gasteiger partial charge in [0.1, 0.15) is 0 Å². The third-order valence-electron chi connectivity index (χ3n) is 14.5. The van der Waals surface area contributed by atoms with Crippen LogP contribution in [0.15, 0.2) is 214 Å². The van der Waals surface area contributed by atoms with Gasteiger partial charge < -0.3 is 19.6 Å². The van der Waals surface area contributed by atoms with Crippen molar-refractivity contribution in [1.29, 1.82) is 0 Å². The van der Waals surface area contributed by atoms with E-state index in [9.17, 15) is 0 Å². The summed E-state index contributed by atoms with van der Waals surface area (Å²) in [5.41, 5.74) is 21.9. The molecule has 4 aliphatic heterocycles. The van der Waals surface area contributed by atoms with E-state index in [0.717, 1.165) is 34.1 Å². The molecule has 0 N–H and O–H groups in total. The molecule has 4 heterocycles. The second-order valence-corrected chi connectivity index (χ2v) is 23.3. The molecule has 0 atom stereocenters. The summed E-state index contributed by atoms with van der Waals surface area (Å²) in [5, 5.41) is 0. The zero-order valence-corrected chi connectivity index (χ0v) is 42.3. The Hall–Kier alpha value is -7.06. The first-order chi connectivity index (χ1) is 33.9. The number of benzene rings is 9. The van der Waals surface area contributed by atoms with Crippen LogP contribution in [0.1, 0.15) is 58.2 Å². The maximum Gasteiger partial charge on any atom is 0.252 e. The molecule has 0 aliphatic carbocycles. The largest absolute Gasteiger partial charge is 0.310 e. The van der Waals surface area contributed by atoms with Gasteiger partial charge in [0.15, 0.2) is 0 Å². The molecule has 4 bridgehead atoms. The van der Waals surface area contributed by atoms with Gasteiger partial charge in [-0.3, -0.25) is 0 Å². The van der Waals surface area contributed by atoms with Crippen molar-refractivity contribution >= 4 is 115 Å². The minimum absolute atomic E-state index is 0.0321. The summed E-state index contributed by atoms with van der Waals surface area (Å²) in [7, 11) is 0. The molecule has 70 heavy (non-hydrogen) atoms. The van der Waals surface area contributed by atoms with Crippen LogP contribution in [0.5, 0.6) is 0 Å². The van der Waals surface area contributed by atoms with E-state index < -0.39 is 0 Å². The van der Waals surface area contributed by atoms with Crippen LogP contribution >= 0.6 is 23.5 Å². The second kappa shape index (κ2) is 16.0. The Morgan fingerprint density at radius 3 is 1.01 bits per heavy atom. The quantitative estimate of drug-likeness (QED) is 0.159. The first-order valence-corrected chi connectivity index (χ1v) is 26.1. The first-order valence-electron chi connectivity index (χ1n) is 24.4. The molecule has 4 aliphatic rings. The van der Waals surface area contributed by atoms with Crippen molar-refractivity contribution in [3.05, 3.63) is 211 Å². The molecule has 0 aromatic heterocycles. The first kappa shape index (κ1) is 43.0. The van der Waals surface area contributed by atoms with E-state index in [1.807, 2.05) is 23.5 Å². The number of para-hydroxylation sites is 4. The summed E-state index contributed by atoms with van der Waals surface area (Å²) in [6, 6.07) is 73.7. The van der Waals surface area contributed by atoms with Crippen LogP contribution in [0.2, 0.25) is 0 Å². The van der Waals surface area contributed by atoms with Gasteiger partial charge in [0, 0.05) is 65.1 Å². The third kappa shape index (κ3) is 6.84. The number of aryl methyl sites for hydroxylation is 1. The Morgan fingerprint density at radius 2 is 0.657 bits per heavy atom. The molecule has 4 nitrogen and oxygen atoms in total. The molecule has 340 valence electrons. The molecule has 0 radical (unpaired) electrons. The lowest BCUT2D eigenvalue weighted by atomic mass is 9.33. The summed E-state index contributed by atoms with van der Waals surface area (Å²) in [5.74, 6) is 0. The van der Waals surface area contributed by atoms with Crippen LogP contribution in [-0.2, 0) is 10.8 Å². The number of hydrogen-bond donors (Lipinski definition) is 0. The highest BCUT2D eigenvalue weighted by Gasteiger charge is 2.45. The van der Waals surface area contributed by atoms with Gasteiger partial charge in [-0.1, -0.05) is 150 Å². The van der Waals surface area contributed by atoms with E-state index in [2.05, 4.69) is 262 Å². The van der Waals surface area contributed by atoms with Gasteiger partial charge in [-0.2, -0.15) is 0 Å². The Morgan fingerprint density at radius 1 is 0.329 bits per heavy atom. The number of hydrogen-bond acceptors (Lipinski definition) is 6. The molecule has 9 aromatic carbocycles. The Kier molecular flexibility index (Phi) is 9.82. The van der Waals surface area contributed by atoms with Crippen LogP contribution in [0, 0.1) is 6.92 Å². The highest BCUT2D eigenvalue weighted by Crippen LogP contribution is 2.54. The van der Waals surface area contributed by atoms with Crippen molar-refractivity contribution in [1.82, 2.24) is 0 Å². The van der Waals surface area contributed by atoms with Crippen LogP contribution < -0.4 is 36.0 Å². The summed E-state index contributed by atoms with van der Waals surface area (Å²) >= 11 is 3.71. The van der Waals surface area contributed by atoms with E-state index in [-0.39, 0.29) is 17.5 Å². The topological polar surface area (TPSA) is 13.0 Å². The van der Waals surface area contributed by atoms with Gasteiger partial charge in [-0.05, 0) is 160 Å². The molecule has 0 fully saturated rings. The summed E-state index contributed by atoms with van der Waals surface area (Å²) in [4.78, 5) is 14.9. The zero-order valence-electron chi connectivity index (χ0n) is 40.7. The molecule has 0 saturated heterocycles. The zero-order chi connectivity index (χ0) is 47.6. The fraction of sp³-hybridized carbons (Fsp3) is 0.143. The maximum absolute atomic E-state index is 2.58. The number of nitrogens with zero attached hydrogens (tertiary/aromatic N) is 4. The van der Waals surface area contributed by atoms with Crippen molar-refractivity contribution in [3.63, 3.8) is 0 Å². The van der Waals surface area contributed by atoms with Crippen molar-refractivity contribution < 1.29 is 0 Å². The summed E-state index contributed by atoms with van der Waals surface area (Å²) < 4.78 is 0. The normalized spacial score (nSPS) is 14.2. The molecule has 0 unspecified atom stereocenters. The van der Waals surface area contributed by atoms with E-state index in [4.69, 9.17) is 0 Å². The second-order valence-electron chi connectivity index (χ2n) is 21.1. The van der Waals surface area contributed by atoms with Crippen molar-refractivity contribution in [2.24, 2.45) is 0 Å². The van der Waals surface area contributed by atoms with Crippen molar-refractivity contribution in [2.75, 3.05) is 19.6 Å². The average molecular weight is 941 g/mol. The van der Waals surface area contributed by atoms with Gasteiger partial charge in [0.25, 0.3) is 6.71 Å². The fourth-order valence-electron chi connectivity index (χ4n) is 11.1. The van der Waals surface area contributed by atoms with E-state index in [1.54, 1.807) is 0 Å². The monoisotopic (exact) mass is 940 g/mol. The molecule has 13 rings (SSSR count). The van der Waals surface area contributed by atoms with Gasteiger partial charge in [-0.15, -0.1) is 0 Å². The van der Waals surface area contributed by atoms with E-state index in [0.29, 0.717) is 0 Å². The molecule has 0 saturated carbocycles. The predicted octanol–water partition coefficient (Wildman–Crippen LogP) is 16.5. The third-order valence-corrected chi connectivity index (χ3v) is 16.8. The maximum atomic E-state index is 2.58. The van der Waals surface area contributed by atoms with E-state index >= 15 is 0 Å². The smallest absolute Gasteiger partial charge is 0.252 e. The molecule has 0 amide bonds. The highest BCUT2D eigenvalue weighted by molar-refractivity contribution is 8.00. The minimum Gasteiger partial charge on any atom is -0.310 e. The number of rotatable bonds is 2. The Bertz CT molecular complexity index is 3340. The fourth-order valence-corrected chi connectivity index (χ4v) is 13.2. The standard InChI is InChI=1S/C63H53BN4S2/c1-40-36-55-61-56(37-40)68-52-19-11-15-23-60(52)70-58-21-13-9-17-50(58)66(44-30-26-42(27-31-44)63(5,6)7)46-33-35-48(54(68)39-46)64(61)47-34-32-45-38-53(47)67(55)51-18-10-14-22-59(51)69-57-20-12-8-16-49(57)65(45)43-28-24-41(25-29-43)62(2,3)4/h8-39H,1-7H3. The van der Waals surface area contributed by atoms with Gasteiger partial charge in [0.2, 0.25) is 0 Å². The average Bonchev–Trinajstić information content (AvgIpc) is 3.35. The van der Waals surface area contributed by atoms with Gasteiger partial charge in [0.05, 0.1) is 22.7 Å². The minimum atomic E-state index is -0.0321. The summed E-state index contributed by atoms with van der Waals surface area (Å²) in [6.45, 7) is 16.0.